The first-order chi connectivity index (χ1) is 6.04. The molecular formula is C13H24. The standard InChI is InChI=1S/C13H24/c1-5-9-6-7-10-8-11(12(9)10)13(2,3)4/h9-12H,5-8H2,1-4H3. The van der Waals surface area contributed by atoms with Crippen molar-refractivity contribution in [2.45, 2.75) is 53.4 Å². The molecule has 0 aromatic rings. The molecule has 2 rings (SSSR count). The zero-order chi connectivity index (χ0) is 9.64. The summed E-state index contributed by atoms with van der Waals surface area (Å²) in [7, 11) is 0. The molecule has 4 unspecified atom stereocenters. The van der Waals surface area contributed by atoms with E-state index in [1.165, 1.54) is 25.7 Å². The highest BCUT2D eigenvalue weighted by atomic mass is 14.6. The van der Waals surface area contributed by atoms with E-state index in [0.717, 1.165) is 23.7 Å². The molecule has 0 amide bonds. The van der Waals surface area contributed by atoms with E-state index in [1.54, 1.807) is 0 Å². The van der Waals surface area contributed by atoms with Gasteiger partial charge in [-0.15, -0.1) is 0 Å². The van der Waals surface area contributed by atoms with E-state index in [-0.39, 0.29) is 0 Å². The first-order valence-electron chi connectivity index (χ1n) is 6.04. The maximum Gasteiger partial charge on any atom is -0.0324 e. The third-order valence-corrected chi connectivity index (χ3v) is 4.65. The van der Waals surface area contributed by atoms with Crippen molar-refractivity contribution in [2.24, 2.45) is 29.1 Å². The summed E-state index contributed by atoms with van der Waals surface area (Å²) in [5.74, 6) is 4.33. The van der Waals surface area contributed by atoms with Gasteiger partial charge in [0.05, 0.1) is 0 Å². The Morgan fingerprint density at radius 3 is 2.38 bits per heavy atom. The molecule has 2 aliphatic carbocycles. The summed E-state index contributed by atoms with van der Waals surface area (Å²) in [6.07, 6.45) is 6.02. The van der Waals surface area contributed by atoms with Crippen LogP contribution in [0.25, 0.3) is 0 Å². The van der Waals surface area contributed by atoms with Crippen molar-refractivity contribution < 1.29 is 0 Å². The summed E-state index contributed by atoms with van der Waals surface area (Å²) in [4.78, 5) is 0. The molecule has 0 heterocycles. The van der Waals surface area contributed by atoms with Gasteiger partial charge in [-0.2, -0.15) is 0 Å². The van der Waals surface area contributed by atoms with Crippen LogP contribution in [0.1, 0.15) is 53.4 Å². The van der Waals surface area contributed by atoms with Crippen molar-refractivity contribution in [3.63, 3.8) is 0 Å². The van der Waals surface area contributed by atoms with E-state index in [0.29, 0.717) is 5.41 Å². The second-order valence-corrected chi connectivity index (χ2v) is 6.29. The van der Waals surface area contributed by atoms with E-state index in [4.69, 9.17) is 0 Å². The minimum Gasteiger partial charge on any atom is -0.0651 e. The Morgan fingerprint density at radius 1 is 1.15 bits per heavy atom. The molecule has 2 fully saturated rings. The highest BCUT2D eigenvalue weighted by Gasteiger charge is 2.52. The summed E-state index contributed by atoms with van der Waals surface area (Å²) >= 11 is 0. The molecule has 0 aromatic heterocycles. The van der Waals surface area contributed by atoms with Gasteiger partial charge in [0.25, 0.3) is 0 Å². The second kappa shape index (κ2) is 3.00. The SMILES string of the molecule is CCC1CCC2CC(C(C)(C)C)C12. The van der Waals surface area contributed by atoms with Crippen LogP contribution >= 0.6 is 0 Å². The molecule has 0 aliphatic heterocycles. The Balaban J connectivity index is 2.05. The van der Waals surface area contributed by atoms with Crippen molar-refractivity contribution in [1.29, 1.82) is 0 Å². The lowest BCUT2D eigenvalue weighted by atomic mass is 9.55. The van der Waals surface area contributed by atoms with Crippen LogP contribution in [0.2, 0.25) is 0 Å². The molecule has 0 bridgehead atoms. The van der Waals surface area contributed by atoms with Crippen LogP contribution < -0.4 is 0 Å². The molecule has 0 spiro atoms. The van der Waals surface area contributed by atoms with Gasteiger partial charge in [0.1, 0.15) is 0 Å². The molecule has 0 nitrogen and oxygen atoms in total. The Hall–Kier alpha value is 0. The van der Waals surface area contributed by atoms with Gasteiger partial charge in [-0.1, -0.05) is 34.1 Å². The van der Waals surface area contributed by atoms with E-state index >= 15 is 0 Å². The monoisotopic (exact) mass is 180 g/mol. The van der Waals surface area contributed by atoms with Crippen LogP contribution in [-0.2, 0) is 0 Å². The number of hydrogen-bond acceptors (Lipinski definition) is 0. The molecule has 0 heteroatoms. The lowest BCUT2D eigenvalue weighted by molar-refractivity contribution is -0.0149. The van der Waals surface area contributed by atoms with E-state index < -0.39 is 0 Å². The van der Waals surface area contributed by atoms with Gasteiger partial charge < -0.3 is 0 Å². The fraction of sp³-hybridized carbons (Fsp3) is 1.00. The van der Waals surface area contributed by atoms with Gasteiger partial charge in [0.15, 0.2) is 0 Å². The van der Waals surface area contributed by atoms with Crippen LogP contribution in [0.3, 0.4) is 0 Å². The van der Waals surface area contributed by atoms with E-state index in [1.807, 2.05) is 0 Å². The normalized spacial score (nSPS) is 44.3. The van der Waals surface area contributed by atoms with Crippen LogP contribution in [0, 0.1) is 29.1 Å². The average Bonchev–Trinajstić information content (AvgIpc) is 2.24. The van der Waals surface area contributed by atoms with Crippen molar-refractivity contribution in [3.8, 4) is 0 Å². The van der Waals surface area contributed by atoms with Gasteiger partial charge in [-0.05, 0) is 48.3 Å². The lowest BCUT2D eigenvalue weighted by Gasteiger charge is -2.50. The van der Waals surface area contributed by atoms with Crippen LogP contribution in [-0.4, -0.2) is 0 Å². The minimum atomic E-state index is 0.568. The Labute approximate surface area is 83.1 Å². The summed E-state index contributed by atoms with van der Waals surface area (Å²) in [5.41, 5.74) is 0.568. The summed E-state index contributed by atoms with van der Waals surface area (Å²) in [5, 5.41) is 0. The van der Waals surface area contributed by atoms with Crippen molar-refractivity contribution >= 4 is 0 Å². The number of fused-ring (bicyclic) bond motifs is 1. The zero-order valence-electron chi connectivity index (χ0n) is 9.64. The molecule has 0 radical (unpaired) electrons. The van der Waals surface area contributed by atoms with Crippen molar-refractivity contribution in [2.75, 3.05) is 0 Å². The summed E-state index contributed by atoms with van der Waals surface area (Å²) < 4.78 is 0. The first kappa shape index (κ1) is 9.55. The predicted molar refractivity (Wildman–Crippen MR) is 57.6 cm³/mol. The fourth-order valence-electron chi connectivity index (χ4n) is 3.82. The van der Waals surface area contributed by atoms with Crippen molar-refractivity contribution in [3.05, 3.63) is 0 Å². The molecule has 2 aliphatic rings. The summed E-state index contributed by atoms with van der Waals surface area (Å²) in [6, 6.07) is 0. The molecule has 4 atom stereocenters. The summed E-state index contributed by atoms with van der Waals surface area (Å²) in [6.45, 7) is 9.67. The second-order valence-electron chi connectivity index (χ2n) is 6.29. The third-order valence-electron chi connectivity index (χ3n) is 4.65. The van der Waals surface area contributed by atoms with Gasteiger partial charge in [0, 0.05) is 0 Å². The largest absolute Gasteiger partial charge is 0.0651 e. The third kappa shape index (κ3) is 1.43. The molecule has 2 saturated carbocycles. The van der Waals surface area contributed by atoms with Gasteiger partial charge in [-0.25, -0.2) is 0 Å². The molecule has 0 saturated heterocycles. The molecule has 13 heavy (non-hydrogen) atoms. The number of hydrogen-bond donors (Lipinski definition) is 0. The van der Waals surface area contributed by atoms with Crippen LogP contribution in [0.4, 0.5) is 0 Å². The van der Waals surface area contributed by atoms with Gasteiger partial charge in [-0.3, -0.25) is 0 Å². The molecular weight excluding hydrogens is 156 g/mol. The average molecular weight is 180 g/mol. The maximum absolute atomic E-state index is 2.43. The van der Waals surface area contributed by atoms with Crippen molar-refractivity contribution in [1.82, 2.24) is 0 Å². The molecule has 76 valence electrons. The first-order valence-corrected chi connectivity index (χ1v) is 6.04. The fourth-order valence-corrected chi connectivity index (χ4v) is 3.82. The predicted octanol–water partition coefficient (Wildman–Crippen LogP) is 4.10. The van der Waals surface area contributed by atoms with E-state index in [9.17, 15) is 0 Å². The highest BCUT2D eigenvalue weighted by Crippen LogP contribution is 2.60. The van der Waals surface area contributed by atoms with Crippen LogP contribution in [0.15, 0.2) is 0 Å². The Morgan fingerprint density at radius 2 is 1.85 bits per heavy atom. The maximum atomic E-state index is 2.43. The number of rotatable bonds is 1. The molecule has 0 aromatic carbocycles. The highest BCUT2D eigenvalue weighted by molar-refractivity contribution is 5.01. The zero-order valence-corrected chi connectivity index (χ0v) is 9.64. The lowest BCUT2D eigenvalue weighted by Crippen LogP contribution is -2.43. The smallest absolute Gasteiger partial charge is 0.0324 e. The quantitative estimate of drug-likeness (QED) is 0.570. The van der Waals surface area contributed by atoms with Crippen LogP contribution in [0.5, 0.6) is 0 Å². The topological polar surface area (TPSA) is 0 Å². The minimum absolute atomic E-state index is 0.568. The molecule has 0 N–H and O–H groups in total. The van der Waals surface area contributed by atoms with E-state index in [2.05, 4.69) is 27.7 Å². The Kier molecular flexibility index (Phi) is 2.20. The van der Waals surface area contributed by atoms with Gasteiger partial charge >= 0.3 is 0 Å². The van der Waals surface area contributed by atoms with Gasteiger partial charge in [0.2, 0.25) is 0 Å². The Bertz CT molecular complexity index is 187.